The molecule has 0 aromatic heterocycles. The number of nitrogens with one attached hydrogen (secondary N) is 1. The van der Waals surface area contributed by atoms with Crippen molar-refractivity contribution in [2.45, 2.75) is 77.4 Å². The molecule has 1 N–H and O–H groups in total. The smallest absolute Gasteiger partial charge is 0.0594 e. The summed E-state index contributed by atoms with van der Waals surface area (Å²) in [5, 5.41) is 3.54. The third kappa shape index (κ3) is 6.49. The maximum absolute atomic E-state index is 5.82. The van der Waals surface area contributed by atoms with Crippen molar-refractivity contribution >= 4 is 0 Å². The highest BCUT2D eigenvalue weighted by Crippen LogP contribution is 2.20. The van der Waals surface area contributed by atoms with E-state index in [-0.39, 0.29) is 0 Å². The topological polar surface area (TPSA) is 21.3 Å². The second-order valence-electron chi connectivity index (χ2n) is 5.13. The maximum atomic E-state index is 5.82. The number of unbranched alkanes of at least 4 members (excludes halogenated alkanes) is 2. The van der Waals surface area contributed by atoms with Crippen LogP contribution in [0.4, 0.5) is 0 Å². The zero-order valence-corrected chi connectivity index (χ0v) is 11.1. The Morgan fingerprint density at radius 2 is 2.00 bits per heavy atom. The van der Waals surface area contributed by atoms with E-state index in [1.807, 2.05) is 0 Å². The van der Waals surface area contributed by atoms with Crippen molar-refractivity contribution in [3.05, 3.63) is 0 Å². The monoisotopic (exact) mass is 227 g/mol. The predicted molar refractivity (Wildman–Crippen MR) is 69.8 cm³/mol. The summed E-state index contributed by atoms with van der Waals surface area (Å²) in [6.07, 6.45) is 11.2. The van der Waals surface area contributed by atoms with Crippen LogP contribution in [0.1, 0.15) is 65.2 Å². The van der Waals surface area contributed by atoms with Crippen molar-refractivity contribution in [1.29, 1.82) is 0 Å². The van der Waals surface area contributed by atoms with E-state index in [0.717, 1.165) is 13.2 Å². The predicted octanol–water partition coefficient (Wildman–Crippen LogP) is 3.50. The fourth-order valence-corrected chi connectivity index (χ4v) is 2.39. The van der Waals surface area contributed by atoms with E-state index in [4.69, 9.17) is 4.74 Å². The fraction of sp³-hybridized carbons (Fsp3) is 1.00. The van der Waals surface area contributed by atoms with Gasteiger partial charge in [-0.05, 0) is 26.2 Å². The van der Waals surface area contributed by atoms with Gasteiger partial charge >= 0.3 is 0 Å². The van der Waals surface area contributed by atoms with E-state index < -0.39 is 0 Å². The lowest BCUT2D eigenvalue weighted by molar-refractivity contribution is 0.0592. The third-order valence-electron chi connectivity index (χ3n) is 3.49. The van der Waals surface area contributed by atoms with Crippen LogP contribution in [0.5, 0.6) is 0 Å². The molecule has 2 heteroatoms. The average Bonchev–Trinajstić information content (AvgIpc) is 2.78. The van der Waals surface area contributed by atoms with Gasteiger partial charge in [-0.1, -0.05) is 39.0 Å². The Kier molecular flexibility index (Phi) is 7.87. The molecule has 0 spiro atoms. The van der Waals surface area contributed by atoms with E-state index in [0.29, 0.717) is 12.1 Å². The molecule has 1 rings (SSSR count). The minimum absolute atomic E-state index is 0.567. The van der Waals surface area contributed by atoms with Crippen LogP contribution in [0.3, 0.4) is 0 Å². The van der Waals surface area contributed by atoms with Crippen molar-refractivity contribution in [1.82, 2.24) is 5.32 Å². The second-order valence-corrected chi connectivity index (χ2v) is 5.13. The Balaban J connectivity index is 1.85. The van der Waals surface area contributed by atoms with Crippen LogP contribution >= 0.6 is 0 Å². The zero-order valence-electron chi connectivity index (χ0n) is 11.1. The van der Waals surface area contributed by atoms with Gasteiger partial charge in [0.2, 0.25) is 0 Å². The Morgan fingerprint density at radius 3 is 2.69 bits per heavy atom. The van der Waals surface area contributed by atoms with E-state index in [2.05, 4.69) is 19.2 Å². The van der Waals surface area contributed by atoms with Crippen LogP contribution in [-0.4, -0.2) is 25.3 Å². The van der Waals surface area contributed by atoms with Crippen LogP contribution in [0.15, 0.2) is 0 Å². The van der Waals surface area contributed by atoms with Gasteiger partial charge in [0.15, 0.2) is 0 Å². The summed E-state index contributed by atoms with van der Waals surface area (Å²) in [5.74, 6) is 0. The van der Waals surface area contributed by atoms with Gasteiger partial charge in [0.1, 0.15) is 0 Å². The van der Waals surface area contributed by atoms with Gasteiger partial charge in [-0.3, -0.25) is 0 Å². The Bertz CT molecular complexity index is 155. The Labute approximate surface area is 101 Å². The van der Waals surface area contributed by atoms with Crippen molar-refractivity contribution < 1.29 is 4.74 Å². The number of hydrogen-bond donors (Lipinski definition) is 1. The SMILES string of the molecule is CCCCCC(C)NCCOC1CCCC1. The lowest BCUT2D eigenvalue weighted by Crippen LogP contribution is -2.30. The lowest BCUT2D eigenvalue weighted by atomic mass is 10.1. The summed E-state index contributed by atoms with van der Waals surface area (Å²) < 4.78 is 5.82. The van der Waals surface area contributed by atoms with E-state index in [1.54, 1.807) is 0 Å². The van der Waals surface area contributed by atoms with Crippen LogP contribution < -0.4 is 5.32 Å². The average molecular weight is 227 g/mol. The molecule has 0 aromatic rings. The van der Waals surface area contributed by atoms with E-state index in [9.17, 15) is 0 Å². The summed E-state index contributed by atoms with van der Waals surface area (Å²) in [6, 6.07) is 0.652. The van der Waals surface area contributed by atoms with Crippen molar-refractivity contribution in [2.24, 2.45) is 0 Å². The minimum atomic E-state index is 0.567. The summed E-state index contributed by atoms with van der Waals surface area (Å²) in [7, 11) is 0. The molecule has 1 saturated carbocycles. The molecule has 96 valence electrons. The molecular weight excluding hydrogens is 198 g/mol. The van der Waals surface area contributed by atoms with Gasteiger partial charge in [0, 0.05) is 12.6 Å². The summed E-state index contributed by atoms with van der Waals surface area (Å²) in [4.78, 5) is 0. The van der Waals surface area contributed by atoms with E-state index in [1.165, 1.54) is 51.4 Å². The molecule has 0 heterocycles. The molecule has 1 aliphatic carbocycles. The highest BCUT2D eigenvalue weighted by molar-refractivity contribution is 4.67. The van der Waals surface area contributed by atoms with Crippen molar-refractivity contribution in [3.8, 4) is 0 Å². The Hall–Kier alpha value is -0.0800. The maximum Gasteiger partial charge on any atom is 0.0594 e. The van der Waals surface area contributed by atoms with Gasteiger partial charge < -0.3 is 10.1 Å². The quantitative estimate of drug-likeness (QED) is 0.609. The van der Waals surface area contributed by atoms with Gasteiger partial charge in [-0.2, -0.15) is 0 Å². The molecule has 1 fully saturated rings. The molecule has 0 aromatic carbocycles. The molecule has 0 amide bonds. The largest absolute Gasteiger partial charge is 0.377 e. The number of ether oxygens (including phenoxy) is 1. The Morgan fingerprint density at radius 1 is 1.25 bits per heavy atom. The van der Waals surface area contributed by atoms with Gasteiger partial charge in [-0.15, -0.1) is 0 Å². The second kappa shape index (κ2) is 9.00. The molecular formula is C14H29NO. The van der Waals surface area contributed by atoms with Gasteiger partial charge in [-0.25, -0.2) is 0 Å². The molecule has 0 radical (unpaired) electrons. The van der Waals surface area contributed by atoms with Crippen LogP contribution in [0.25, 0.3) is 0 Å². The molecule has 0 bridgehead atoms. The minimum Gasteiger partial charge on any atom is -0.377 e. The molecule has 0 saturated heterocycles. The normalized spacial score (nSPS) is 19.1. The summed E-state index contributed by atoms with van der Waals surface area (Å²) >= 11 is 0. The zero-order chi connectivity index (χ0) is 11.6. The molecule has 0 aliphatic heterocycles. The first-order valence-electron chi connectivity index (χ1n) is 7.18. The van der Waals surface area contributed by atoms with Crippen LogP contribution in [-0.2, 0) is 4.74 Å². The number of rotatable bonds is 9. The first-order chi connectivity index (χ1) is 7.83. The number of hydrogen-bond acceptors (Lipinski definition) is 2. The standard InChI is InChI=1S/C14H29NO/c1-3-4-5-8-13(2)15-11-12-16-14-9-6-7-10-14/h13-15H,3-12H2,1-2H3. The summed E-state index contributed by atoms with van der Waals surface area (Å²) in [5.41, 5.74) is 0. The van der Waals surface area contributed by atoms with Crippen LogP contribution in [0.2, 0.25) is 0 Å². The molecule has 1 atom stereocenters. The molecule has 16 heavy (non-hydrogen) atoms. The summed E-state index contributed by atoms with van der Waals surface area (Å²) in [6.45, 7) is 6.45. The first kappa shape index (κ1) is 14.0. The highest BCUT2D eigenvalue weighted by Gasteiger charge is 2.14. The van der Waals surface area contributed by atoms with Crippen LogP contribution in [0, 0.1) is 0 Å². The first-order valence-corrected chi connectivity index (χ1v) is 7.18. The van der Waals surface area contributed by atoms with Gasteiger partial charge in [0.25, 0.3) is 0 Å². The fourth-order valence-electron chi connectivity index (χ4n) is 2.39. The lowest BCUT2D eigenvalue weighted by Gasteiger charge is -2.15. The molecule has 2 nitrogen and oxygen atoms in total. The molecule has 1 unspecified atom stereocenters. The molecule has 1 aliphatic rings. The van der Waals surface area contributed by atoms with Gasteiger partial charge in [0.05, 0.1) is 12.7 Å². The highest BCUT2D eigenvalue weighted by atomic mass is 16.5. The van der Waals surface area contributed by atoms with Crippen molar-refractivity contribution in [2.75, 3.05) is 13.2 Å². The van der Waals surface area contributed by atoms with E-state index >= 15 is 0 Å². The third-order valence-corrected chi connectivity index (χ3v) is 3.49. The van der Waals surface area contributed by atoms with Crippen molar-refractivity contribution in [3.63, 3.8) is 0 Å².